The fourth-order valence-corrected chi connectivity index (χ4v) is 2.52. The molecule has 0 radical (unpaired) electrons. The van der Waals surface area contributed by atoms with Crippen LogP contribution in [-0.2, 0) is 0 Å². The highest BCUT2D eigenvalue weighted by Gasteiger charge is 2.15. The van der Waals surface area contributed by atoms with Gasteiger partial charge >= 0.3 is 0 Å². The fraction of sp³-hybridized carbons (Fsp3) is 0.176. The summed E-state index contributed by atoms with van der Waals surface area (Å²) in [5.41, 5.74) is 2.55. The molecule has 0 unspecified atom stereocenters. The van der Waals surface area contributed by atoms with Crippen molar-refractivity contribution in [1.82, 2.24) is 4.98 Å². The Bertz CT molecular complexity index is 934. The van der Waals surface area contributed by atoms with Crippen molar-refractivity contribution in [2.24, 2.45) is 10.2 Å². The smallest absolute Gasteiger partial charge is 0.218 e. The summed E-state index contributed by atoms with van der Waals surface area (Å²) in [5, 5.41) is 19.7. The lowest BCUT2D eigenvalue weighted by molar-refractivity contribution is 0.356. The Balaban J connectivity index is 2.06. The van der Waals surface area contributed by atoms with Crippen LogP contribution in [0, 0.1) is 6.92 Å². The number of methoxy groups -OCH3 is 2. The first-order valence-electron chi connectivity index (χ1n) is 7.18. The first-order chi connectivity index (χ1) is 11.5. The lowest BCUT2D eigenvalue weighted by Gasteiger charge is -2.07. The third-order valence-electron chi connectivity index (χ3n) is 3.68. The van der Waals surface area contributed by atoms with Gasteiger partial charge in [-0.05, 0) is 30.7 Å². The number of hydrogen-bond acceptors (Lipinski definition) is 5. The molecule has 2 aromatic carbocycles. The molecule has 0 aliphatic carbocycles. The standard InChI is InChI=1S/C17H16ClN3O3/c1-9-4-5-10(6-12(9)18)20-21-16-11-7-14(23-2)15(24-3)8-13(11)19-17(16)22/h4-8,19,22H,1-3H3. The summed E-state index contributed by atoms with van der Waals surface area (Å²) in [6.07, 6.45) is 0. The Labute approximate surface area is 143 Å². The highest BCUT2D eigenvalue weighted by molar-refractivity contribution is 6.31. The van der Waals surface area contributed by atoms with E-state index in [1.807, 2.05) is 13.0 Å². The molecule has 0 aliphatic heterocycles. The number of aromatic hydroxyl groups is 1. The molecular formula is C17H16ClN3O3. The second-order valence-corrected chi connectivity index (χ2v) is 5.62. The number of H-pyrrole nitrogens is 1. The number of aromatic nitrogens is 1. The average Bonchev–Trinajstić information content (AvgIpc) is 2.88. The van der Waals surface area contributed by atoms with Crippen molar-refractivity contribution < 1.29 is 14.6 Å². The number of nitrogens with one attached hydrogen (secondary N) is 1. The van der Waals surface area contributed by atoms with Crippen LogP contribution in [0.15, 0.2) is 40.6 Å². The summed E-state index contributed by atoms with van der Waals surface area (Å²) in [7, 11) is 3.10. The summed E-state index contributed by atoms with van der Waals surface area (Å²) < 4.78 is 10.5. The number of azo groups is 1. The number of ether oxygens (including phenoxy) is 2. The lowest BCUT2D eigenvalue weighted by Crippen LogP contribution is -1.89. The molecular weight excluding hydrogens is 330 g/mol. The van der Waals surface area contributed by atoms with Crippen molar-refractivity contribution in [1.29, 1.82) is 0 Å². The molecule has 0 bridgehead atoms. The Morgan fingerprint density at radius 2 is 1.75 bits per heavy atom. The van der Waals surface area contributed by atoms with Crippen LogP contribution >= 0.6 is 11.6 Å². The Hall–Kier alpha value is -2.73. The van der Waals surface area contributed by atoms with Crippen molar-refractivity contribution in [3.63, 3.8) is 0 Å². The number of nitrogens with zero attached hydrogens (tertiary/aromatic N) is 2. The van der Waals surface area contributed by atoms with Gasteiger partial charge in [-0.3, -0.25) is 0 Å². The third-order valence-corrected chi connectivity index (χ3v) is 4.08. The monoisotopic (exact) mass is 345 g/mol. The number of rotatable bonds is 4. The van der Waals surface area contributed by atoms with Gasteiger partial charge in [0.2, 0.25) is 5.88 Å². The maximum absolute atomic E-state index is 10.1. The normalized spacial score (nSPS) is 11.3. The zero-order chi connectivity index (χ0) is 17.3. The number of hydrogen-bond donors (Lipinski definition) is 2. The maximum Gasteiger partial charge on any atom is 0.218 e. The van der Waals surface area contributed by atoms with E-state index in [1.165, 1.54) is 0 Å². The Morgan fingerprint density at radius 3 is 2.42 bits per heavy atom. The molecule has 0 saturated heterocycles. The molecule has 2 N–H and O–H groups in total. The van der Waals surface area contributed by atoms with Gasteiger partial charge in [-0.1, -0.05) is 17.7 Å². The van der Waals surface area contributed by atoms with Crippen LogP contribution in [0.4, 0.5) is 11.4 Å². The van der Waals surface area contributed by atoms with Gasteiger partial charge in [-0.2, -0.15) is 5.11 Å². The van der Waals surface area contributed by atoms with Gasteiger partial charge in [0.15, 0.2) is 17.2 Å². The first-order valence-corrected chi connectivity index (χ1v) is 7.56. The number of aromatic amines is 1. The van der Waals surface area contributed by atoms with Gasteiger partial charge in [-0.15, -0.1) is 5.11 Å². The van der Waals surface area contributed by atoms with Gasteiger partial charge in [0.25, 0.3) is 0 Å². The van der Waals surface area contributed by atoms with E-state index in [4.69, 9.17) is 21.1 Å². The molecule has 0 fully saturated rings. The van der Waals surface area contributed by atoms with Crippen LogP contribution in [0.1, 0.15) is 5.56 Å². The Morgan fingerprint density at radius 1 is 1.04 bits per heavy atom. The van der Waals surface area contributed by atoms with E-state index >= 15 is 0 Å². The highest BCUT2D eigenvalue weighted by Crippen LogP contribution is 2.41. The summed E-state index contributed by atoms with van der Waals surface area (Å²) >= 11 is 6.09. The van der Waals surface area contributed by atoms with Crippen LogP contribution < -0.4 is 9.47 Å². The molecule has 1 heterocycles. The Kier molecular flexibility index (Phi) is 4.31. The van der Waals surface area contributed by atoms with Crippen molar-refractivity contribution in [2.45, 2.75) is 6.92 Å². The number of fused-ring (bicyclic) bond motifs is 1. The van der Waals surface area contributed by atoms with Crippen LogP contribution in [0.2, 0.25) is 5.02 Å². The molecule has 24 heavy (non-hydrogen) atoms. The third kappa shape index (κ3) is 2.88. The molecule has 0 spiro atoms. The minimum atomic E-state index is -0.0812. The largest absolute Gasteiger partial charge is 0.493 e. The average molecular weight is 346 g/mol. The SMILES string of the molecule is COc1cc2[nH]c(O)c(N=Nc3ccc(C)c(Cl)c3)c2cc1OC. The first kappa shape index (κ1) is 16.1. The molecule has 0 saturated carbocycles. The van der Waals surface area contributed by atoms with E-state index in [0.717, 1.165) is 5.56 Å². The molecule has 6 nitrogen and oxygen atoms in total. The minimum Gasteiger partial charge on any atom is -0.493 e. The van der Waals surface area contributed by atoms with E-state index in [2.05, 4.69) is 15.2 Å². The quantitative estimate of drug-likeness (QED) is 0.632. The van der Waals surface area contributed by atoms with E-state index < -0.39 is 0 Å². The second-order valence-electron chi connectivity index (χ2n) is 5.21. The van der Waals surface area contributed by atoms with Crippen LogP contribution in [0.3, 0.4) is 0 Å². The van der Waals surface area contributed by atoms with E-state index in [-0.39, 0.29) is 5.88 Å². The molecule has 0 atom stereocenters. The summed E-state index contributed by atoms with van der Waals surface area (Å²) in [5.74, 6) is 1.01. The molecule has 0 aliphatic rings. The van der Waals surface area contributed by atoms with Gasteiger partial charge < -0.3 is 19.6 Å². The molecule has 0 amide bonds. The summed E-state index contributed by atoms with van der Waals surface area (Å²) in [4.78, 5) is 2.85. The zero-order valence-corrected chi connectivity index (χ0v) is 14.2. The minimum absolute atomic E-state index is 0.0812. The van der Waals surface area contributed by atoms with Gasteiger partial charge in [0, 0.05) is 16.5 Å². The number of benzene rings is 2. The molecule has 1 aromatic heterocycles. The van der Waals surface area contributed by atoms with Crippen molar-refractivity contribution in [3.05, 3.63) is 40.9 Å². The van der Waals surface area contributed by atoms with Crippen LogP contribution in [-0.4, -0.2) is 24.3 Å². The molecule has 7 heteroatoms. The van der Waals surface area contributed by atoms with Gasteiger partial charge in [-0.25, -0.2) is 0 Å². The van der Waals surface area contributed by atoms with Gasteiger partial charge in [0.1, 0.15) is 0 Å². The fourth-order valence-electron chi connectivity index (χ4n) is 2.35. The predicted molar refractivity (Wildman–Crippen MR) is 93.4 cm³/mol. The van der Waals surface area contributed by atoms with E-state index in [1.54, 1.807) is 38.5 Å². The number of aryl methyl sites for hydroxylation is 1. The summed E-state index contributed by atoms with van der Waals surface area (Å²) in [6.45, 7) is 1.91. The molecule has 124 valence electrons. The van der Waals surface area contributed by atoms with Crippen molar-refractivity contribution in [2.75, 3.05) is 14.2 Å². The van der Waals surface area contributed by atoms with Crippen molar-refractivity contribution in [3.8, 4) is 17.4 Å². The number of halogens is 1. The van der Waals surface area contributed by atoms with E-state index in [9.17, 15) is 5.11 Å². The summed E-state index contributed by atoms with van der Waals surface area (Å²) in [6, 6.07) is 8.85. The maximum atomic E-state index is 10.1. The second kappa shape index (κ2) is 6.41. The molecule has 3 rings (SSSR count). The van der Waals surface area contributed by atoms with Crippen LogP contribution in [0.25, 0.3) is 10.9 Å². The zero-order valence-electron chi connectivity index (χ0n) is 13.4. The molecule has 3 aromatic rings. The van der Waals surface area contributed by atoms with E-state index in [0.29, 0.717) is 38.8 Å². The predicted octanol–water partition coefficient (Wildman–Crippen LogP) is 5.27. The lowest BCUT2D eigenvalue weighted by atomic mass is 10.2. The van der Waals surface area contributed by atoms with Crippen molar-refractivity contribution >= 4 is 33.9 Å². The van der Waals surface area contributed by atoms with Gasteiger partial charge in [0.05, 0.1) is 25.4 Å². The topological polar surface area (TPSA) is 79.2 Å². The van der Waals surface area contributed by atoms with Crippen LogP contribution in [0.5, 0.6) is 17.4 Å². The highest BCUT2D eigenvalue weighted by atomic mass is 35.5.